The molecule has 142 valence electrons. The Morgan fingerprint density at radius 1 is 1.35 bits per heavy atom. The number of carbonyl (C=O) groups is 2. The van der Waals surface area contributed by atoms with Crippen molar-refractivity contribution in [1.29, 1.82) is 0 Å². The zero-order valence-electron chi connectivity index (χ0n) is 15.2. The second-order valence-corrected chi connectivity index (χ2v) is 7.76. The molecular formula is C19H25ClN2O4. The number of methoxy groups -OCH3 is 1. The number of carbonyl (C=O) groups excluding carboxylic acids is 2. The molecule has 3 rings (SSSR count). The number of halogens is 1. The lowest BCUT2D eigenvalue weighted by atomic mass is 9.73. The van der Waals surface area contributed by atoms with Crippen LogP contribution < -0.4 is 4.74 Å². The molecule has 0 spiro atoms. The molecule has 2 fully saturated rings. The van der Waals surface area contributed by atoms with E-state index >= 15 is 0 Å². The van der Waals surface area contributed by atoms with Crippen LogP contribution in [-0.2, 0) is 16.0 Å². The van der Waals surface area contributed by atoms with E-state index in [4.69, 9.17) is 16.3 Å². The predicted octanol–water partition coefficient (Wildman–Crippen LogP) is 1.58. The monoisotopic (exact) mass is 380 g/mol. The number of likely N-dealkylation sites (tertiary alicyclic amines) is 2. The molecule has 7 heteroatoms. The van der Waals surface area contributed by atoms with E-state index in [1.807, 2.05) is 15.9 Å². The highest BCUT2D eigenvalue weighted by Crippen LogP contribution is 2.42. The summed E-state index contributed by atoms with van der Waals surface area (Å²) < 4.78 is 5.14. The zero-order valence-corrected chi connectivity index (χ0v) is 16.0. The third-order valence-corrected chi connectivity index (χ3v) is 6.11. The summed E-state index contributed by atoms with van der Waals surface area (Å²) in [5, 5.41) is 10.5. The minimum atomic E-state index is -0.292. The van der Waals surface area contributed by atoms with Gasteiger partial charge in [-0.2, -0.15) is 0 Å². The number of aliphatic hydroxyl groups is 1. The van der Waals surface area contributed by atoms with Gasteiger partial charge in [0, 0.05) is 44.4 Å². The molecule has 0 saturated carbocycles. The van der Waals surface area contributed by atoms with Crippen molar-refractivity contribution in [2.45, 2.75) is 19.8 Å². The van der Waals surface area contributed by atoms with Crippen molar-refractivity contribution in [2.75, 3.05) is 39.9 Å². The lowest BCUT2D eigenvalue weighted by Crippen LogP contribution is -2.50. The van der Waals surface area contributed by atoms with Crippen molar-refractivity contribution in [1.82, 2.24) is 9.80 Å². The molecule has 2 saturated heterocycles. The van der Waals surface area contributed by atoms with Crippen molar-refractivity contribution in [3.8, 4) is 5.75 Å². The normalized spacial score (nSPS) is 25.2. The lowest BCUT2D eigenvalue weighted by molar-refractivity contribution is -0.133. The molecule has 0 unspecified atom stereocenters. The summed E-state index contributed by atoms with van der Waals surface area (Å²) >= 11 is 6.14. The molecule has 2 amide bonds. The maximum Gasteiger partial charge on any atom is 0.227 e. The van der Waals surface area contributed by atoms with Crippen LogP contribution in [0.2, 0.25) is 5.02 Å². The number of hydrogen-bond donors (Lipinski definition) is 1. The van der Waals surface area contributed by atoms with Gasteiger partial charge in [-0.3, -0.25) is 9.59 Å². The molecule has 0 aliphatic carbocycles. The van der Waals surface area contributed by atoms with Crippen LogP contribution in [0, 0.1) is 11.3 Å². The van der Waals surface area contributed by atoms with Gasteiger partial charge in [-0.25, -0.2) is 0 Å². The van der Waals surface area contributed by atoms with Crippen LogP contribution in [0.15, 0.2) is 18.2 Å². The molecule has 1 aromatic carbocycles. The molecule has 6 nitrogen and oxygen atoms in total. The van der Waals surface area contributed by atoms with Gasteiger partial charge >= 0.3 is 0 Å². The summed E-state index contributed by atoms with van der Waals surface area (Å²) in [6.45, 7) is 3.98. The van der Waals surface area contributed by atoms with Crippen molar-refractivity contribution in [2.24, 2.45) is 11.3 Å². The Labute approximate surface area is 158 Å². The largest absolute Gasteiger partial charge is 0.495 e. The first kappa shape index (κ1) is 19.0. The van der Waals surface area contributed by atoms with E-state index in [-0.39, 0.29) is 36.2 Å². The zero-order chi connectivity index (χ0) is 18.9. The summed E-state index contributed by atoms with van der Waals surface area (Å²) in [4.78, 5) is 28.1. The van der Waals surface area contributed by atoms with Gasteiger partial charge in [-0.1, -0.05) is 17.7 Å². The van der Waals surface area contributed by atoms with Crippen molar-refractivity contribution in [3.63, 3.8) is 0 Å². The minimum absolute atomic E-state index is 0.0165. The van der Waals surface area contributed by atoms with Gasteiger partial charge in [0.1, 0.15) is 5.75 Å². The van der Waals surface area contributed by atoms with Crippen LogP contribution in [0.25, 0.3) is 0 Å². The molecule has 1 N–H and O–H groups in total. The maximum absolute atomic E-state index is 12.8. The Balaban J connectivity index is 1.69. The second-order valence-electron chi connectivity index (χ2n) is 7.35. The summed E-state index contributed by atoms with van der Waals surface area (Å²) in [5.41, 5.74) is 0.540. The number of fused-ring (bicyclic) bond motifs is 1. The van der Waals surface area contributed by atoms with Crippen LogP contribution in [0.5, 0.6) is 5.75 Å². The topological polar surface area (TPSA) is 70.1 Å². The van der Waals surface area contributed by atoms with Crippen LogP contribution in [0.4, 0.5) is 0 Å². The Bertz CT molecular complexity index is 711. The van der Waals surface area contributed by atoms with E-state index in [1.165, 1.54) is 0 Å². The average Bonchev–Trinajstić information content (AvgIpc) is 3.01. The van der Waals surface area contributed by atoms with Crippen LogP contribution in [-0.4, -0.2) is 66.6 Å². The van der Waals surface area contributed by atoms with E-state index in [1.54, 1.807) is 26.2 Å². The van der Waals surface area contributed by atoms with Crippen LogP contribution in [0.3, 0.4) is 0 Å². The number of ether oxygens (including phenoxy) is 1. The first-order chi connectivity index (χ1) is 12.4. The highest BCUT2D eigenvalue weighted by Gasteiger charge is 2.50. The fourth-order valence-corrected chi connectivity index (χ4v) is 4.40. The van der Waals surface area contributed by atoms with Crippen LogP contribution >= 0.6 is 11.6 Å². The Morgan fingerprint density at radius 2 is 2.08 bits per heavy atom. The fraction of sp³-hybridized carbons (Fsp3) is 0.579. The van der Waals surface area contributed by atoms with E-state index in [9.17, 15) is 14.7 Å². The summed E-state index contributed by atoms with van der Waals surface area (Å²) in [7, 11) is 1.55. The third-order valence-electron chi connectivity index (χ3n) is 5.82. The third kappa shape index (κ3) is 3.53. The lowest BCUT2D eigenvalue weighted by Gasteiger charge is -2.41. The Kier molecular flexibility index (Phi) is 5.44. The van der Waals surface area contributed by atoms with Gasteiger partial charge in [0.2, 0.25) is 11.8 Å². The maximum atomic E-state index is 12.8. The number of nitrogens with zero attached hydrogens (tertiary/aromatic N) is 2. The molecule has 0 aromatic heterocycles. The molecule has 2 atom stereocenters. The molecule has 26 heavy (non-hydrogen) atoms. The number of benzene rings is 1. The van der Waals surface area contributed by atoms with Crippen LogP contribution in [0.1, 0.15) is 18.9 Å². The predicted molar refractivity (Wildman–Crippen MR) is 98.2 cm³/mol. The number of amides is 2. The summed E-state index contributed by atoms with van der Waals surface area (Å²) in [6.07, 6.45) is 0.986. The average molecular weight is 381 g/mol. The van der Waals surface area contributed by atoms with Crippen molar-refractivity contribution < 1.29 is 19.4 Å². The SMILES string of the molecule is COc1ccc(CC(=O)N2C[C@@H]3CN(C(C)=O)CC[C@]3(CO)C2)cc1Cl. The Hall–Kier alpha value is -1.79. The van der Waals surface area contributed by atoms with Gasteiger partial charge in [0.25, 0.3) is 0 Å². The first-order valence-electron chi connectivity index (χ1n) is 8.85. The van der Waals surface area contributed by atoms with Crippen molar-refractivity contribution >= 4 is 23.4 Å². The van der Waals surface area contributed by atoms with Gasteiger partial charge in [-0.15, -0.1) is 0 Å². The van der Waals surface area contributed by atoms with E-state index < -0.39 is 0 Å². The van der Waals surface area contributed by atoms with Gasteiger partial charge in [-0.05, 0) is 24.1 Å². The van der Waals surface area contributed by atoms with Gasteiger partial charge in [0.15, 0.2) is 0 Å². The Morgan fingerprint density at radius 3 is 2.69 bits per heavy atom. The second kappa shape index (κ2) is 7.45. The van der Waals surface area contributed by atoms with Gasteiger partial charge in [0.05, 0.1) is 25.2 Å². The van der Waals surface area contributed by atoms with Gasteiger partial charge < -0.3 is 19.6 Å². The number of piperidine rings is 1. The number of hydrogen-bond acceptors (Lipinski definition) is 4. The smallest absolute Gasteiger partial charge is 0.227 e. The molecule has 2 aliphatic rings. The molecular weight excluding hydrogens is 356 g/mol. The van der Waals surface area contributed by atoms with E-state index in [0.29, 0.717) is 37.0 Å². The van der Waals surface area contributed by atoms with Crippen molar-refractivity contribution in [3.05, 3.63) is 28.8 Å². The molecule has 2 heterocycles. The summed E-state index contributed by atoms with van der Waals surface area (Å²) in [6, 6.07) is 5.35. The highest BCUT2D eigenvalue weighted by atomic mass is 35.5. The molecule has 1 aromatic rings. The van der Waals surface area contributed by atoms with E-state index in [2.05, 4.69) is 0 Å². The highest BCUT2D eigenvalue weighted by molar-refractivity contribution is 6.32. The minimum Gasteiger partial charge on any atom is -0.495 e. The quantitative estimate of drug-likeness (QED) is 0.861. The summed E-state index contributed by atoms with van der Waals surface area (Å²) in [5.74, 6) is 0.768. The number of rotatable bonds is 4. The van der Waals surface area contributed by atoms with E-state index in [0.717, 1.165) is 12.0 Å². The number of aliphatic hydroxyl groups excluding tert-OH is 1. The molecule has 2 aliphatic heterocycles. The first-order valence-corrected chi connectivity index (χ1v) is 9.23. The molecule has 0 radical (unpaired) electrons. The standard InChI is InChI=1S/C19H25ClN2O4/c1-13(24)21-6-5-19(12-23)11-22(10-15(19)9-21)18(25)8-14-3-4-17(26-2)16(20)7-14/h3-4,7,15,23H,5-6,8-12H2,1-2H3/t15-,19+/m0/s1. The molecule has 0 bridgehead atoms. The fourth-order valence-electron chi connectivity index (χ4n) is 4.12.